The number of fused-ring (bicyclic) bond motifs is 6. The highest BCUT2D eigenvalue weighted by atomic mass is 16.3. The third kappa shape index (κ3) is 5.47. The quantitative estimate of drug-likeness (QED) is 0.170. The van der Waals surface area contributed by atoms with Gasteiger partial charge in [0.2, 0.25) is 0 Å². The molecule has 0 unspecified atom stereocenters. The molecule has 11 aromatic rings. The van der Waals surface area contributed by atoms with Crippen LogP contribution in [0, 0.1) is 11.3 Å². The molecule has 0 aliphatic carbocycles. The topological polar surface area (TPSA) is 67.6 Å². The molecule has 0 aliphatic rings. The molecule has 5 heteroatoms. The summed E-state index contributed by atoms with van der Waals surface area (Å²) in [5.74, 6) is 0.519. The highest BCUT2D eigenvalue weighted by molar-refractivity contribution is 6.15. The Morgan fingerprint density at radius 3 is 1.43 bits per heavy atom. The summed E-state index contributed by atoms with van der Waals surface area (Å²) in [5, 5.41) is 14.8. The van der Waals surface area contributed by atoms with E-state index in [9.17, 15) is 5.26 Å². The minimum atomic E-state index is 0.438. The molecule has 0 saturated heterocycles. The van der Waals surface area contributed by atoms with Gasteiger partial charge in [0.1, 0.15) is 22.8 Å². The second-order valence-corrected chi connectivity index (χ2v) is 14.5. The van der Waals surface area contributed by atoms with E-state index in [1.54, 1.807) is 0 Å². The van der Waals surface area contributed by atoms with Crippen LogP contribution < -0.4 is 0 Å². The Morgan fingerprint density at radius 1 is 0.414 bits per heavy atom. The molecule has 3 aromatic heterocycles. The fourth-order valence-corrected chi connectivity index (χ4v) is 8.34. The SMILES string of the molecule is N#Cc1c(-c2ccccc2)nc(-c2ccc3c(c2)oc2cccc(-n4c5ccc(-c6ccccc6)cc5c5cc(-c6ccccc6)ccc54)c23)nc1-c1ccccc1. The van der Waals surface area contributed by atoms with Gasteiger partial charge in [-0.15, -0.1) is 0 Å². The first-order chi connectivity index (χ1) is 28.7. The first-order valence-electron chi connectivity index (χ1n) is 19.3. The van der Waals surface area contributed by atoms with Crippen LogP contribution >= 0.6 is 0 Å². The van der Waals surface area contributed by atoms with Crippen LogP contribution in [-0.4, -0.2) is 14.5 Å². The molecule has 0 aliphatic heterocycles. The number of nitrogens with zero attached hydrogens (tertiary/aromatic N) is 4. The van der Waals surface area contributed by atoms with Crippen LogP contribution in [0.1, 0.15) is 5.56 Å². The highest BCUT2D eigenvalue weighted by Crippen LogP contribution is 2.42. The number of hydrogen-bond acceptors (Lipinski definition) is 4. The van der Waals surface area contributed by atoms with Gasteiger partial charge in [-0.1, -0.05) is 146 Å². The maximum Gasteiger partial charge on any atom is 0.160 e. The van der Waals surface area contributed by atoms with E-state index in [0.717, 1.165) is 55.3 Å². The van der Waals surface area contributed by atoms with Crippen molar-refractivity contribution < 1.29 is 4.42 Å². The van der Waals surface area contributed by atoms with Crippen LogP contribution in [-0.2, 0) is 0 Å². The molecule has 0 saturated carbocycles. The average molecular weight is 741 g/mol. The lowest BCUT2D eigenvalue weighted by atomic mass is 10.00. The summed E-state index contributed by atoms with van der Waals surface area (Å²) in [4.78, 5) is 10.1. The molecule has 8 aromatic carbocycles. The zero-order valence-electron chi connectivity index (χ0n) is 31.2. The van der Waals surface area contributed by atoms with E-state index in [0.29, 0.717) is 22.8 Å². The maximum atomic E-state index is 10.4. The minimum absolute atomic E-state index is 0.438. The van der Waals surface area contributed by atoms with Crippen LogP contribution in [0.3, 0.4) is 0 Å². The van der Waals surface area contributed by atoms with E-state index >= 15 is 0 Å². The maximum absolute atomic E-state index is 10.4. The van der Waals surface area contributed by atoms with Crippen molar-refractivity contribution in [3.05, 3.63) is 200 Å². The Hall–Kier alpha value is -8.07. The summed E-state index contributed by atoms with van der Waals surface area (Å²) >= 11 is 0. The molecule has 0 radical (unpaired) electrons. The van der Waals surface area contributed by atoms with Crippen LogP contribution in [0.25, 0.3) is 106 Å². The second-order valence-electron chi connectivity index (χ2n) is 14.5. The number of rotatable bonds is 6. The monoisotopic (exact) mass is 740 g/mol. The molecule has 3 heterocycles. The number of benzene rings is 8. The third-order valence-electron chi connectivity index (χ3n) is 11.1. The van der Waals surface area contributed by atoms with Gasteiger partial charge in [0.05, 0.1) is 33.5 Å². The normalized spacial score (nSPS) is 11.4. The van der Waals surface area contributed by atoms with Crippen molar-refractivity contribution in [1.82, 2.24) is 14.5 Å². The van der Waals surface area contributed by atoms with Gasteiger partial charge in [-0.05, 0) is 70.8 Å². The molecule has 0 N–H and O–H groups in total. The van der Waals surface area contributed by atoms with Gasteiger partial charge in [-0.2, -0.15) is 5.26 Å². The third-order valence-corrected chi connectivity index (χ3v) is 11.1. The van der Waals surface area contributed by atoms with Crippen LogP contribution in [0.5, 0.6) is 0 Å². The van der Waals surface area contributed by atoms with Gasteiger partial charge in [-0.25, -0.2) is 9.97 Å². The summed E-state index contributed by atoms with van der Waals surface area (Å²) < 4.78 is 9.06. The van der Waals surface area contributed by atoms with Crippen molar-refractivity contribution in [2.75, 3.05) is 0 Å². The molecular weight excluding hydrogens is 709 g/mol. The summed E-state index contributed by atoms with van der Waals surface area (Å²) in [6.45, 7) is 0. The highest BCUT2D eigenvalue weighted by Gasteiger charge is 2.22. The van der Waals surface area contributed by atoms with Gasteiger partial charge >= 0.3 is 0 Å². The van der Waals surface area contributed by atoms with Crippen molar-refractivity contribution >= 4 is 43.7 Å². The number of aromatic nitrogens is 3. The standard InChI is InChI=1S/C53H32N4O/c54-33-44-51(36-18-9-3-10-19-36)55-53(56-52(44)37-20-11-4-12-21-37)40-24-27-41-49(32-40)58-48-23-13-22-47(50(41)48)57-45-28-25-38(34-14-5-1-6-15-34)30-42(45)43-31-39(26-29-46(43)57)35-16-7-2-8-17-35/h1-32H. The van der Waals surface area contributed by atoms with Crippen molar-refractivity contribution in [2.24, 2.45) is 0 Å². The first-order valence-corrected chi connectivity index (χ1v) is 19.3. The van der Waals surface area contributed by atoms with Crippen LogP contribution in [0.15, 0.2) is 199 Å². The zero-order chi connectivity index (χ0) is 38.6. The van der Waals surface area contributed by atoms with Crippen LogP contribution in [0.2, 0.25) is 0 Å². The smallest absolute Gasteiger partial charge is 0.160 e. The predicted octanol–water partition coefficient (Wildman–Crippen LogP) is 13.7. The van der Waals surface area contributed by atoms with Crippen LogP contribution in [0.4, 0.5) is 0 Å². The average Bonchev–Trinajstić information content (AvgIpc) is 3.84. The molecular formula is C53H32N4O. The summed E-state index contributed by atoms with van der Waals surface area (Å²) in [6, 6.07) is 69.2. The van der Waals surface area contributed by atoms with Crippen molar-refractivity contribution in [1.29, 1.82) is 5.26 Å². The minimum Gasteiger partial charge on any atom is -0.456 e. The second kappa shape index (κ2) is 13.6. The van der Waals surface area contributed by atoms with E-state index in [1.165, 1.54) is 33.0 Å². The van der Waals surface area contributed by atoms with E-state index in [1.807, 2.05) is 72.8 Å². The largest absolute Gasteiger partial charge is 0.456 e. The Labute approximate surface area is 334 Å². The van der Waals surface area contributed by atoms with Gasteiger partial charge in [-0.3, -0.25) is 0 Å². The summed E-state index contributed by atoms with van der Waals surface area (Å²) in [6.07, 6.45) is 0. The molecule has 0 spiro atoms. The van der Waals surface area contributed by atoms with Gasteiger partial charge in [0.25, 0.3) is 0 Å². The lowest BCUT2D eigenvalue weighted by Gasteiger charge is -2.12. The fourth-order valence-electron chi connectivity index (χ4n) is 8.34. The number of furan rings is 1. The predicted molar refractivity (Wildman–Crippen MR) is 236 cm³/mol. The van der Waals surface area contributed by atoms with Gasteiger partial charge in [0, 0.05) is 32.8 Å². The molecule has 0 fully saturated rings. The van der Waals surface area contributed by atoms with Crippen molar-refractivity contribution in [3.8, 4) is 67.9 Å². The first kappa shape index (κ1) is 33.3. The molecule has 0 atom stereocenters. The fraction of sp³-hybridized carbons (Fsp3) is 0. The molecule has 0 amide bonds. The van der Waals surface area contributed by atoms with E-state index in [4.69, 9.17) is 14.4 Å². The summed E-state index contributed by atoms with van der Waals surface area (Å²) in [5.41, 5.74) is 13.6. The molecule has 5 nitrogen and oxygen atoms in total. The lowest BCUT2D eigenvalue weighted by molar-refractivity contribution is 0.669. The molecule has 270 valence electrons. The Balaban J connectivity index is 1.12. The van der Waals surface area contributed by atoms with E-state index in [2.05, 4.69) is 132 Å². The molecule has 58 heavy (non-hydrogen) atoms. The van der Waals surface area contributed by atoms with Crippen molar-refractivity contribution in [3.63, 3.8) is 0 Å². The number of nitriles is 1. The lowest BCUT2D eigenvalue weighted by Crippen LogP contribution is -2.01. The molecule has 11 rings (SSSR count). The van der Waals surface area contributed by atoms with E-state index < -0.39 is 0 Å². The Morgan fingerprint density at radius 2 is 0.914 bits per heavy atom. The Bertz CT molecular complexity index is 3220. The van der Waals surface area contributed by atoms with Crippen molar-refractivity contribution in [2.45, 2.75) is 0 Å². The molecule has 0 bridgehead atoms. The summed E-state index contributed by atoms with van der Waals surface area (Å²) in [7, 11) is 0. The Kier molecular flexibility index (Phi) is 7.80. The van der Waals surface area contributed by atoms with Gasteiger partial charge < -0.3 is 8.98 Å². The van der Waals surface area contributed by atoms with Gasteiger partial charge in [0.15, 0.2) is 5.82 Å². The number of hydrogen-bond donors (Lipinski definition) is 0. The van der Waals surface area contributed by atoms with E-state index in [-0.39, 0.29) is 0 Å². The zero-order valence-corrected chi connectivity index (χ0v) is 31.2.